The maximum Gasteiger partial charge on any atom is 0.203 e. The zero-order valence-corrected chi connectivity index (χ0v) is 15.1. The highest BCUT2D eigenvalue weighted by Gasteiger charge is 2.14. The van der Waals surface area contributed by atoms with Gasteiger partial charge < -0.3 is 19.3 Å². The molecule has 0 amide bonds. The number of aromatic hydroxyl groups is 1. The Morgan fingerprint density at radius 3 is 2.20 bits per heavy atom. The average molecular weight is 362 g/mol. The number of phenols is 1. The number of methoxy groups -OCH3 is 3. The number of hydrogen-bond donors (Lipinski definition) is 1. The van der Waals surface area contributed by atoms with Gasteiger partial charge in [0.1, 0.15) is 5.75 Å². The van der Waals surface area contributed by atoms with Crippen LogP contribution in [0.1, 0.15) is 11.1 Å². The Morgan fingerprint density at radius 1 is 0.920 bits per heavy atom. The summed E-state index contributed by atoms with van der Waals surface area (Å²) in [6, 6.07) is 9.16. The molecule has 6 heteroatoms. The molecule has 0 fully saturated rings. The fraction of sp³-hybridized carbons (Fsp3) is 0.211. The molecule has 0 bridgehead atoms. The molecule has 0 radical (unpaired) electrons. The molecule has 1 heterocycles. The number of rotatable bonds is 5. The molecule has 1 aromatic heterocycles. The quantitative estimate of drug-likeness (QED) is 0.744. The van der Waals surface area contributed by atoms with Gasteiger partial charge in [0.15, 0.2) is 11.5 Å². The zero-order valence-electron chi connectivity index (χ0n) is 14.3. The minimum Gasteiger partial charge on any atom is -0.508 e. The molecule has 0 atom stereocenters. The van der Waals surface area contributed by atoms with Crippen LogP contribution < -0.4 is 14.2 Å². The summed E-state index contributed by atoms with van der Waals surface area (Å²) in [4.78, 5) is 4.27. The summed E-state index contributed by atoms with van der Waals surface area (Å²) in [5.41, 5.74) is 2.08. The lowest BCUT2D eigenvalue weighted by molar-refractivity contribution is 0.324. The molecule has 0 aliphatic heterocycles. The van der Waals surface area contributed by atoms with Crippen LogP contribution in [-0.2, 0) is 6.42 Å². The molecular weight excluding hydrogens is 342 g/mol. The van der Waals surface area contributed by atoms with Gasteiger partial charge in [-0.15, -0.1) is 12.4 Å². The topological polar surface area (TPSA) is 60.8 Å². The van der Waals surface area contributed by atoms with E-state index < -0.39 is 0 Å². The van der Waals surface area contributed by atoms with Crippen LogP contribution >= 0.6 is 12.4 Å². The Hall–Kier alpha value is -2.66. The fourth-order valence-electron chi connectivity index (χ4n) is 2.82. The SMILES string of the molecule is COc1cc(Cc2cncc3cc(O)ccc23)cc(OC)c1OC.Cl. The summed E-state index contributed by atoms with van der Waals surface area (Å²) in [6.45, 7) is 0. The third-order valence-electron chi connectivity index (χ3n) is 3.94. The minimum absolute atomic E-state index is 0. The van der Waals surface area contributed by atoms with Crippen molar-refractivity contribution in [3.05, 3.63) is 53.9 Å². The lowest BCUT2D eigenvalue weighted by Gasteiger charge is -2.14. The van der Waals surface area contributed by atoms with Crippen molar-refractivity contribution in [2.75, 3.05) is 21.3 Å². The number of halogens is 1. The average Bonchev–Trinajstić information content (AvgIpc) is 2.60. The fourth-order valence-corrected chi connectivity index (χ4v) is 2.82. The second kappa shape index (κ2) is 7.94. The largest absolute Gasteiger partial charge is 0.508 e. The smallest absolute Gasteiger partial charge is 0.203 e. The van der Waals surface area contributed by atoms with Gasteiger partial charge in [0.25, 0.3) is 0 Å². The molecule has 25 heavy (non-hydrogen) atoms. The highest BCUT2D eigenvalue weighted by molar-refractivity contribution is 5.86. The van der Waals surface area contributed by atoms with Crippen LogP contribution in [0.2, 0.25) is 0 Å². The van der Waals surface area contributed by atoms with E-state index in [0.717, 1.165) is 21.9 Å². The monoisotopic (exact) mass is 361 g/mol. The maximum absolute atomic E-state index is 9.63. The Bertz CT molecular complexity index is 857. The molecule has 5 nitrogen and oxygen atoms in total. The van der Waals surface area contributed by atoms with Crippen LogP contribution in [0, 0.1) is 0 Å². The molecular formula is C19H20ClNO4. The first kappa shape index (κ1) is 18.7. The van der Waals surface area contributed by atoms with Gasteiger partial charge >= 0.3 is 0 Å². The number of aromatic nitrogens is 1. The molecule has 2 aromatic carbocycles. The van der Waals surface area contributed by atoms with Crippen LogP contribution in [0.15, 0.2) is 42.7 Å². The van der Waals surface area contributed by atoms with Crippen LogP contribution in [0.25, 0.3) is 10.8 Å². The van der Waals surface area contributed by atoms with Gasteiger partial charge in [-0.25, -0.2) is 0 Å². The number of benzene rings is 2. The Kier molecular flexibility index (Phi) is 5.93. The van der Waals surface area contributed by atoms with Gasteiger partial charge in [0.05, 0.1) is 21.3 Å². The van der Waals surface area contributed by atoms with Crippen molar-refractivity contribution in [1.29, 1.82) is 0 Å². The molecule has 0 spiro atoms. The third-order valence-corrected chi connectivity index (χ3v) is 3.94. The van der Waals surface area contributed by atoms with Gasteiger partial charge in [-0.05, 0) is 47.2 Å². The first-order chi connectivity index (χ1) is 11.7. The van der Waals surface area contributed by atoms with Crippen molar-refractivity contribution in [3.8, 4) is 23.0 Å². The predicted molar refractivity (Wildman–Crippen MR) is 99.6 cm³/mol. The van der Waals surface area contributed by atoms with Gasteiger partial charge in [-0.2, -0.15) is 0 Å². The van der Waals surface area contributed by atoms with Crippen molar-refractivity contribution >= 4 is 23.2 Å². The van der Waals surface area contributed by atoms with Crippen molar-refractivity contribution in [2.45, 2.75) is 6.42 Å². The molecule has 0 saturated carbocycles. The summed E-state index contributed by atoms with van der Waals surface area (Å²) >= 11 is 0. The number of pyridine rings is 1. The van der Waals surface area contributed by atoms with E-state index in [0.29, 0.717) is 23.7 Å². The lowest BCUT2D eigenvalue weighted by Crippen LogP contribution is -1.98. The number of phenolic OH excluding ortho intramolecular Hbond substituents is 1. The molecule has 0 saturated heterocycles. The molecule has 0 aliphatic rings. The second-order valence-electron chi connectivity index (χ2n) is 5.41. The standard InChI is InChI=1S/C19H19NO4.ClH/c1-22-17-7-12(8-18(23-2)19(17)24-3)6-13-10-20-11-14-9-15(21)4-5-16(13)14;/h4-5,7-11,21H,6H2,1-3H3;1H. The van der Waals surface area contributed by atoms with Crippen LogP contribution in [0.3, 0.4) is 0 Å². The molecule has 3 aromatic rings. The van der Waals surface area contributed by atoms with Gasteiger partial charge in [-0.3, -0.25) is 4.98 Å². The van der Waals surface area contributed by atoms with E-state index in [1.807, 2.05) is 24.4 Å². The van der Waals surface area contributed by atoms with Crippen molar-refractivity contribution < 1.29 is 19.3 Å². The minimum atomic E-state index is 0. The molecule has 3 rings (SSSR count). The number of fused-ring (bicyclic) bond motifs is 1. The first-order valence-electron chi connectivity index (χ1n) is 7.50. The third kappa shape index (κ3) is 3.72. The van der Waals surface area contributed by atoms with E-state index in [2.05, 4.69) is 4.98 Å². The normalized spacial score (nSPS) is 10.2. The van der Waals surface area contributed by atoms with Gasteiger partial charge in [0, 0.05) is 17.8 Å². The Balaban J connectivity index is 0.00000225. The van der Waals surface area contributed by atoms with Gasteiger partial charge in [-0.1, -0.05) is 6.07 Å². The first-order valence-corrected chi connectivity index (χ1v) is 7.50. The van der Waals surface area contributed by atoms with Crippen molar-refractivity contribution in [3.63, 3.8) is 0 Å². The molecule has 132 valence electrons. The molecule has 0 aliphatic carbocycles. The lowest BCUT2D eigenvalue weighted by atomic mass is 10.00. The van der Waals surface area contributed by atoms with E-state index in [-0.39, 0.29) is 18.2 Å². The number of ether oxygens (including phenoxy) is 3. The summed E-state index contributed by atoms with van der Waals surface area (Å²) in [5.74, 6) is 2.05. The molecule has 1 N–H and O–H groups in total. The van der Waals surface area contributed by atoms with Crippen molar-refractivity contribution in [1.82, 2.24) is 4.98 Å². The number of nitrogens with zero attached hydrogens (tertiary/aromatic N) is 1. The van der Waals surface area contributed by atoms with E-state index in [9.17, 15) is 5.11 Å². The van der Waals surface area contributed by atoms with Crippen LogP contribution in [0.4, 0.5) is 0 Å². The van der Waals surface area contributed by atoms with Crippen LogP contribution in [0.5, 0.6) is 23.0 Å². The predicted octanol–water partition coefficient (Wildman–Crippen LogP) is 3.98. The van der Waals surface area contributed by atoms with Crippen LogP contribution in [-0.4, -0.2) is 31.4 Å². The van der Waals surface area contributed by atoms with E-state index in [4.69, 9.17) is 14.2 Å². The summed E-state index contributed by atoms with van der Waals surface area (Å²) in [6.07, 6.45) is 4.24. The summed E-state index contributed by atoms with van der Waals surface area (Å²) in [7, 11) is 4.79. The van der Waals surface area contributed by atoms with Gasteiger partial charge in [0.2, 0.25) is 5.75 Å². The van der Waals surface area contributed by atoms with Crippen molar-refractivity contribution in [2.24, 2.45) is 0 Å². The van der Waals surface area contributed by atoms with E-state index in [1.165, 1.54) is 0 Å². The Labute approximate surface area is 152 Å². The summed E-state index contributed by atoms with van der Waals surface area (Å²) in [5, 5.41) is 11.6. The Morgan fingerprint density at radius 2 is 1.60 bits per heavy atom. The maximum atomic E-state index is 9.63. The zero-order chi connectivity index (χ0) is 17.1. The molecule has 0 unspecified atom stereocenters. The summed E-state index contributed by atoms with van der Waals surface area (Å²) < 4.78 is 16.2. The highest BCUT2D eigenvalue weighted by Crippen LogP contribution is 2.39. The highest BCUT2D eigenvalue weighted by atomic mass is 35.5. The second-order valence-corrected chi connectivity index (χ2v) is 5.41. The van der Waals surface area contributed by atoms with E-state index >= 15 is 0 Å². The number of hydrogen-bond acceptors (Lipinski definition) is 5. The van der Waals surface area contributed by atoms with E-state index in [1.54, 1.807) is 39.7 Å².